The minimum Gasteiger partial charge on any atom is -0.497 e. The summed E-state index contributed by atoms with van der Waals surface area (Å²) < 4.78 is 20.4. The summed E-state index contributed by atoms with van der Waals surface area (Å²) in [6.45, 7) is 7.17. The molecule has 3 fully saturated rings. The van der Waals surface area contributed by atoms with Gasteiger partial charge in [-0.2, -0.15) is 0 Å². The number of allylic oxidation sites excluding steroid dienone is 4. The maximum Gasteiger partial charge on any atom is 0.321 e. The van der Waals surface area contributed by atoms with Crippen LogP contribution in [0.15, 0.2) is 66.3 Å². The highest BCUT2D eigenvalue weighted by Crippen LogP contribution is 2.78. The first-order valence-electron chi connectivity index (χ1n) is 18.3. The van der Waals surface area contributed by atoms with Crippen molar-refractivity contribution in [3.63, 3.8) is 0 Å². The van der Waals surface area contributed by atoms with Crippen molar-refractivity contribution < 1.29 is 28.9 Å². The molecule has 7 nitrogen and oxygen atoms in total. The largest absolute Gasteiger partial charge is 0.497 e. The van der Waals surface area contributed by atoms with E-state index in [0.717, 1.165) is 25.7 Å². The molecule has 3 saturated carbocycles. The number of methoxy groups -OCH3 is 1. The second kappa shape index (κ2) is 12.5. The van der Waals surface area contributed by atoms with Gasteiger partial charge in [-0.15, -0.1) is 0 Å². The number of amides is 2. The lowest BCUT2D eigenvalue weighted by Gasteiger charge is -2.71. The molecule has 2 bridgehead atoms. The van der Waals surface area contributed by atoms with Crippen LogP contribution in [-0.4, -0.2) is 58.8 Å². The summed E-state index contributed by atoms with van der Waals surface area (Å²) in [5, 5.41) is 27.0. The number of aliphatic hydroxyl groups excluding tert-OH is 1. The van der Waals surface area contributed by atoms with Crippen LogP contribution in [-0.2, 0) is 11.2 Å². The molecule has 0 radical (unpaired) electrons. The monoisotopic (exact) mass is 704 g/mol. The SMILES string of the molecule is CCCN(C[C@]1(O)CC[C@H]2[C@]34C=C[C@@]5(C=C3C(=O)Cc3c(F)cccc3Cl)CC(O)CC[C@]5(C)[C@H]4CC[C@@]21C)C(=O)Nc1ccc(OC)cc1. The summed E-state index contributed by atoms with van der Waals surface area (Å²) in [5.74, 6) is 0.0655. The number of ketones is 1. The first-order valence-corrected chi connectivity index (χ1v) is 18.6. The van der Waals surface area contributed by atoms with E-state index in [-0.39, 0.29) is 52.6 Å². The maximum atomic E-state index is 15.1. The molecule has 2 amide bonds. The number of anilines is 1. The number of halogens is 2. The number of hydrogen-bond acceptors (Lipinski definition) is 5. The van der Waals surface area contributed by atoms with Crippen molar-refractivity contribution in [1.82, 2.24) is 4.90 Å². The number of benzene rings is 2. The Morgan fingerprint density at radius 1 is 1.02 bits per heavy atom. The summed E-state index contributed by atoms with van der Waals surface area (Å²) in [7, 11) is 1.60. The van der Waals surface area contributed by atoms with Crippen LogP contribution in [0.5, 0.6) is 5.75 Å². The zero-order valence-electron chi connectivity index (χ0n) is 29.6. The molecule has 2 aromatic rings. The summed E-state index contributed by atoms with van der Waals surface area (Å²) in [6.07, 6.45) is 11.6. The fourth-order valence-electron chi connectivity index (χ4n) is 11.3. The van der Waals surface area contributed by atoms with Gasteiger partial charge in [-0.1, -0.05) is 56.7 Å². The summed E-state index contributed by atoms with van der Waals surface area (Å²) in [6, 6.07) is 11.4. The van der Waals surface area contributed by atoms with Gasteiger partial charge in [0.05, 0.1) is 25.4 Å². The van der Waals surface area contributed by atoms with E-state index < -0.39 is 33.8 Å². The third kappa shape index (κ3) is 5.10. The third-order valence-corrected chi connectivity index (χ3v) is 14.3. The molecule has 50 heavy (non-hydrogen) atoms. The van der Waals surface area contributed by atoms with E-state index in [2.05, 4.69) is 37.4 Å². The molecule has 1 unspecified atom stereocenters. The lowest BCUT2D eigenvalue weighted by molar-refractivity contribution is -0.177. The Morgan fingerprint density at radius 2 is 1.72 bits per heavy atom. The number of Topliss-reactive ketones (excluding diaryl/α,β-unsaturated/α-hetero) is 1. The number of carbonyl (C=O) groups excluding carboxylic acids is 2. The predicted molar refractivity (Wildman–Crippen MR) is 193 cm³/mol. The van der Waals surface area contributed by atoms with Gasteiger partial charge in [0.15, 0.2) is 5.78 Å². The van der Waals surface area contributed by atoms with Crippen molar-refractivity contribution in [2.45, 2.75) is 90.3 Å². The van der Waals surface area contributed by atoms with Crippen molar-refractivity contribution in [3.05, 3.63) is 82.7 Å². The smallest absolute Gasteiger partial charge is 0.321 e. The van der Waals surface area contributed by atoms with E-state index in [1.165, 1.54) is 6.07 Å². The standard InChI is InChI=1S/C41H50ClFN2O5/c1-5-21-45(36(48)44-26-9-11-28(50-4)12-10-26)25-40(49)18-15-35-38(40,3)17-14-34-37(2)16-13-27(46)23-39(37)19-20-41(34,35)30(24-39)33(47)22-29-31(42)7-6-8-32(29)43/h6-12,19-20,24,27,34-35,46,49H,5,13-18,21-23,25H2,1-4H3,(H,44,48)/t27?,34-,35-,37-,38+,39+,40-,41-/m1/s1. The van der Waals surface area contributed by atoms with Crippen molar-refractivity contribution in [2.75, 3.05) is 25.5 Å². The zero-order valence-corrected chi connectivity index (χ0v) is 30.4. The number of ether oxygens (including phenoxy) is 1. The van der Waals surface area contributed by atoms with Crippen LogP contribution in [0.1, 0.15) is 77.7 Å². The van der Waals surface area contributed by atoms with Gasteiger partial charge in [-0.3, -0.25) is 4.79 Å². The first-order chi connectivity index (χ1) is 23.8. The number of fused-ring (bicyclic) bond motifs is 1. The Bertz CT molecular complexity index is 1730. The molecule has 2 spiro atoms. The molecule has 6 aliphatic carbocycles. The molecular weight excluding hydrogens is 655 g/mol. The van der Waals surface area contributed by atoms with Crippen LogP contribution >= 0.6 is 11.6 Å². The Labute approximate surface area is 299 Å². The van der Waals surface area contributed by atoms with Gasteiger partial charge in [0.1, 0.15) is 11.6 Å². The highest BCUT2D eigenvalue weighted by atomic mass is 35.5. The van der Waals surface area contributed by atoms with Gasteiger partial charge in [-0.05, 0) is 105 Å². The van der Waals surface area contributed by atoms with E-state index in [4.69, 9.17) is 16.3 Å². The van der Waals surface area contributed by atoms with E-state index in [1.807, 2.05) is 6.92 Å². The Balaban J connectivity index is 1.25. The van der Waals surface area contributed by atoms with Crippen LogP contribution in [0.4, 0.5) is 14.9 Å². The molecule has 0 aromatic heterocycles. The Hall–Kier alpha value is -3.20. The number of carbonyl (C=O) groups is 2. The minimum atomic E-state index is -1.20. The van der Waals surface area contributed by atoms with Gasteiger partial charge in [0.25, 0.3) is 0 Å². The van der Waals surface area contributed by atoms with Crippen LogP contribution < -0.4 is 10.1 Å². The number of nitrogens with zero attached hydrogens (tertiary/aromatic N) is 1. The number of hydrogen-bond donors (Lipinski definition) is 3. The minimum absolute atomic E-state index is 0.0867. The predicted octanol–water partition coefficient (Wildman–Crippen LogP) is 8.13. The van der Waals surface area contributed by atoms with Crippen molar-refractivity contribution in [1.29, 1.82) is 0 Å². The van der Waals surface area contributed by atoms with Crippen molar-refractivity contribution in [2.24, 2.45) is 33.5 Å². The van der Waals surface area contributed by atoms with Gasteiger partial charge >= 0.3 is 6.03 Å². The highest BCUT2D eigenvalue weighted by molar-refractivity contribution is 6.31. The molecule has 2 aromatic carbocycles. The molecule has 8 atom stereocenters. The second-order valence-electron chi connectivity index (χ2n) is 16.2. The van der Waals surface area contributed by atoms with Gasteiger partial charge < -0.3 is 25.2 Å². The second-order valence-corrected chi connectivity index (χ2v) is 16.6. The van der Waals surface area contributed by atoms with E-state index in [9.17, 15) is 19.8 Å². The lowest BCUT2D eigenvalue weighted by Crippen LogP contribution is -2.67. The topological polar surface area (TPSA) is 99.1 Å². The molecular formula is C41H50ClFN2O5. The number of nitrogens with one attached hydrogen (secondary N) is 1. The first kappa shape index (κ1) is 35.2. The fourth-order valence-corrected chi connectivity index (χ4v) is 11.6. The lowest BCUT2D eigenvalue weighted by atomic mass is 9.32. The average molecular weight is 705 g/mol. The van der Waals surface area contributed by atoms with Gasteiger partial charge in [0.2, 0.25) is 0 Å². The third-order valence-electron chi connectivity index (χ3n) is 14.0. The fraction of sp³-hybridized carbons (Fsp3) is 0.561. The van der Waals surface area contributed by atoms with Gasteiger partial charge in [-0.25, -0.2) is 9.18 Å². The molecule has 0 aliphatic heterocycles. The number of rotatable bonds is 9. The molecule has 268 valence electrons. The quantitative estimate of drug-likeness (QED) is 0.229. The van der Waals surface area contributed by atoms with Crippen LogP contribution in [0.3, 0.4) is 0 Å². The van der Waals surface area contributed by atoms with Crippen LogP contribution in [0, 0.1) is 39.3 Å². The van der Waals surface area contributed by atoms with Crippen molar-refractivity contribution >= 4 is 29.1 Å². The number of aliphatic hydroxyl groups is 2. The maximum absolute atomic E-state index is 15.1. The van der Waals surface area contributed by atoms with Crippen molar-refractivity contribution in [3.8, 4) is 5.75 Å². The Kier molecular flexibility index (Phi) is 8.79. The van der Waals surface area contributed by atoms with E-state index in [1.54, 1.807) is 48.4 Å². The van der Waals surface area contributed by atoms with E-state index in [0.29, 0.717) is 49.2 Å². The molecule has 0 saturated heterocycles. The highest BCUT2D eigenvalue weighted by Gasteiger charge is 2.74. The molecule has 3 N–H and O–H groups in total. The van der Waals surface area contributed by atoms with Crippen LogP contribution in [0.2, 0.25) is 5.02 Å². The van der Waals surface area contributed by atoms with Crippen LogP contribution in [0.25, 0.3) is 0 Å². The zero-order chi connectivity index (χ0) is 35.7. The average Bonchev–Trinajstić information content (AvgIpc) is 3.36. The normalized spacial score (nSPS) is 36.6. The summed E-state index contributed by atoms with van der Waals surface area (Å²) in [5.41, 5.74) is -1.64. The van der Waals surface area contributed by atoms with Gasteiger partial charge in [0, 0.05) is 51.1 Å². The number of urea groups is 1. The summed E-state index contributed by atoms with van der Waals surface area (Å²) >= 11 is 6.46. The Morgan fingerprint density at radius 3 is 2.42 bits per heavy atom. The van der Waals surface area contributed by atoms with E-state index >= 15 is 4.39 Å². The molecule has 9 heteroatoms. The molecule has 6 aliphatic rings. The molecule has 8 rings (SSSR count). The summed E-state index contributed by atoms with van der Waals surface area (Å²) in [4.78, 5) is 30.1. The molecule has 0 heterocycles.